The van der Waals surface area contributed by atoms with Crippen LogP contribution in [0.5, 0.6) is 0 Å². The highest BCUT2D eigenvalue weighted by Crippen LogP contribution is 2.05. The van der Waals surface area contributed by atoms with Crippen LogP contribution in [0.2, 0.25) is 0 Å². The zero-order valence-corrected chi connectivity index (χ0v) is 9.54. The fourth-order valence-electron chi connectivity index (χ4n) is 1.33. The van der Waals surface area contributed by atoms with Crippen LogP contribution in [0.3, 0.4) is 0 Å². The minimum atomic E-state index is -0.213. The summed E-state index contributed by atoms with van der Waals surface area (Å²) in [5, 5.41) is 12.0. The second kappa shape index (κ2) is 6.44. The monoisotopic (exact) mass is 222 g/mol. The van der Waals surface area contributed by atoms with Crippen LogP contribution in [0, 0.1) is 11.3 Å². The molecule has 1 rings (SSSR count). The summed E-state index contributed by atoms with van der Waals surface area (Å²) in [5.74, 6) is 0. The summed E-state index contributed by atoms with van der Waals surface area (Å²) >= 11 is 5.94. The number of alkyl halides is 1. The van der Waals surface area contributed by atoms with Gasteiger partial charge in [0.1, 0.15) is 6.04 Å². The number of nitrogens with zero attached hydrogens (tertiary/aromatic N) is 1. The quantitative estimate of drug-likeness (QED) is 0.614. The molecule has 3 heteroatoms. The highest BCUT2D eigenvalue weighted by atomic mass is 35.5. The van der Waals surface area contributed by atoms with Gasteiger partial charge in [-0.05, 0) is 12.0 Å². The van der Waals surface area contributed by atoms with Crippen molar-refractivity contribution in [2.45, 2.75) is 31.3 Å². The van der Waals surface area contributed by atoms with Crippen molar-refractivity contribution < 1.29 is 0 Å². The summed E-state index contributed by atoms with van der Waals surface area (Å²) in [4.78, 5) is 0. The average Bonchev–Trinajstić information content (AvgIpc) is 2.29. The van der Waals surface area contributed by atoms with E-state index in [1.807, 2.05) is 37.3 Å². The summed E-state index contributed by atoms with van der Waals surface area (Å²) in [6, 6.07) is 12.0. The van der Waals surface area contributed by atoms with Gasteiger partial charge >= 0.3 is 0 Å². The smallest absolute Gasteiger partial charge is 0.100 e. The molecule has 0 aliphatic carbocycles. The predicted octanol–water partition coefficient (Wildman–Crippen LogP) is 2.69. The van der Waals surface area contributed by atoms with E-state index >= 15 is 0 Å². The first-order valence-electron chi connectivity index (χ1n) is 5.10. The van der Waals surface area contributed by atoms with Crippen LogP contribution in [-0.4, -0.2) is 11.5 Å². The molecule has 2 nitrogen and oxygen atoms in total. The van der Waals surface area contributed by atoms with Gasteiger partial charge in [-0.3, -0.25) is 5.32 Å². The molecule has 80 valence electrons. The number of nitriles is 1. The molecule has 0 aliphatic heterocycles. The maximum absolute atomic E-state index is 8.96. The Morgan fingerprint density at radius 1 is 1.40 bits per heavy atom. The van der Waals surface area contributed by atoms with Crippen LogP contribution in [0.4, 0.5) is 0 Å². The zero-order chi connectivity index (χ0) is 11.1. The van der Waals surface area contributed by atoms with Gasteiger partial charge in [0.2, 0.25) is 0 Å². The minimum absolute atomic E-state index is 0.127. The number of halogens is 1. The van der Waals surface area contributed by atoms with E-state index in [-0.39, 0.29) is 11.5 Å². The molecular formula is C12H15ClN2. The van der Waals surface area contributed by atoms with Crippen LogP contribution in [0.1, 0.15) is 18.9 Å². The highest BCUT2D eigenvalue weighted by Gasteiger charge is 2.11. The standard InChI is InChI=1S/C12H15ClN2/c1-2-12(13)15-11(9-14)8-10-6-4-3-5-7-10/h3-7,11-12,15H,2,8H2,1H3. The van der Waals surface area contributed by atoms with Crippen molar-refractivity contribution in [3.05, 3.63) is 35.9 Å². The van der Waals surface area contributed by atoms with Crippen LogP contribution in [0.15, 0.2) is 30.3 Å². The van der Waals surface area contributed by atoms with E-state index in [0.717, 1.165) is 12.0 Å². The summed E-state index contributed by atoms with van der Waals surface area (Å²) < 4.78 is 0. The van der Waals surface area contributed by atoms with Crippen molar-refractivity contribution in [2.24, 2.45) is 0 Å². The van der Waals surface area contributed by atoms with Gasteiger partial charge in [-0.15, -0.1) is 11.6 Å². The molecule has 0 heterocycles. The lowest BCUT2D eigenvalue weighted by Crippen LogP contribution is -2.35. The van der Waals surface area contributed by atoms with Crippen molar-refractivity contribution in [1.29, 1.82) is 5.26 Å². The Labute approximate surface area is 95.9 Å². The zero-order valence-electron chi connectivity index (χ0n) is 8.78. The molecule has 0 fully saturated rings. The molecule has 0 saturated carbocycles. The van der Waals surface area contributed by atoms with Crippen LogP contribution < -0.4 is 5.32 Å². The molecule has 1 aromatic carbocycles. The maximum atomic E-state index is 8.96. The van der Waals surface area contributed by atoms with Gasteiger partial charge in [0.05, 0.1) is 11.6 Å². The first-order chi connectivity index (χ1) is 7.26. The number of rotatable bonds is 5. The van der Waals surface area contributed by atoms with Gasteiger partial charge in [0, 0.05) is 6.42 Å². The Bertz CT molecular complexity index is 318. The molecule has 0 saturated heterocycles. The summed E-state index contributed by atoms with van der Waals surface area (Å²) in [5.41, 5.74) is 1.02. The van der Waals surface area contributed by atoms with Gasteiger partial charge in [0.15, 0.2) is 0 Å². The van der Waals surface area contributed by atoms with Crippen molar-refractivity contribution in [2.75, 3.05) is 0 Å². The SMILES string of the molecule is CCC(Cl)NC(C#N)Cc1ccccc1. The van der Waals surface area contributed by atoms with E-state index in [0.29, 0.717) is 6.42 Å². The van der Waals surface area contributed by atoms with Gasteiger partial charge in [-0.1, -0.05) is 37.3 Å². The largest absolute Gasteiger partial charge is 0.286 e. The Morgan fingerprint density at radius 3 is 2.60 bits per heavy atom. The topological polar surface area (TPSA) is 35.8 Å². The van der Waals surface area contributed by atoms with Crippen LogP contribution >= 0.6 is 11.6 Å². The van der Waals surface area contributed by atoms with Crippen molar-refractivity contribution in [3.63, 3.8) is 0 Å². The van der Waals surface area contributed by atoms with E-state index in [1.165, 1.54) is 0 Å². The third-order valence-electron chi connectivity index (χ3n) is 2.18. The Hall–Kier alpha value is -1.04. The average molecular weight is 223 g/mol. The lowest BCUT2D eigenvalue weighted by molar-refractivity contribution is 0.557. The molecule has 0 spiro atoms. The van der Waals surface area contributed by atoms with E-state index in [4.69, 9.17) is 16.9 Å². The third-order valence-corrected chi connectivity index (χ3v) is 2.61. The second-order valence-electron chi connectivity index (χ2n) is 3.41. The molecule has 0 radical (unpaired) electrons. The van der Waals surface area contributed by atoms with Crippen molar-refractivity contribution in [1.82, 2.24) is 5.32 Å². The third kappa shape index (κ3) is 4.33. The van der Waals surface area contributed by atoms with Crippen molar-refractivity contribution in [3.8, 4) is 6.07 Å². The first kappa shape index (κ1) is 12.0. The molecular weight excluding hydrogens is 208 g/mol. The minimum Gasteiger partial charge on any atom is -0.286 e. The molecule has 0 amide bonds. The molecule has 0 aliphatic rings. The van der Waals surface area contributed by atoms with E-state index in [1.54, 1.807) is 0 Å². The van der Waals surface area contributed by atoms with E-state index < -0.39 is 0 Å². The molecule has 0 bridgehead atoms. The van der Waals surface area contributed by atoms with Crippen molar-refractivity contribution >= 4 is 11.6 Å². The Kier molecular flexibility index (Phi) is 5.17. The number of hydrogen-bond acceptors (Lipinski definition) is 2. The molecule has 1 N–H and O–H groups in total. The first-order valence-corrected chi connectivity index (χ1v) is 5.53. The lowest BCUT2D eigenvalue weighted by Gasteiger charge is -2.14. The number of nitrogens with one attached hydrogen (secondary N) is 1. The summed E-state index contributed by atoms with van der Waals surface area (Å²) in [6.07, 6.45) is 1.51. The highest BCUT2D eigenvalue weighted by molar-refractivity contribution is 6.20. The fourth-order valence-corrected chi connectivity index (χ4v) is 1.48. The Morgan fingerprint density at radius 2 is 2.07 bits per heavy atom. The van der Waals surface area contributed by atoms with Gasteiger partial charge in [-0.25, -0.2) is 0 Å². The molecule has 15 heavy (non-hydrogen) atoms. The molecule has 0 aromatic heterocycles. The number of hydrogen-bond donors (Lipinski definition) is 1. The second-order valence-corrected chi connectivity index (χ2v) is 3.94. The normalized spacial score (nSPS) is 14.2. The van der Waals surface area contributed by atoms with Crippen LogP contribution in [0.25, 0.3) is 0 Å². The van der Waals surface area contributed by atoms with E-state index in [9.17, 15) is 0 Å². The van der Waals surface area contributed by atoms with Crippen LogP contribution in [-0.2, 0) is 6.42 Å². The Balaban J connectivity index is 2.52. The van der Waals surface area contributed by atoms with E-state index in [2.05, 4.69) is 11.4 Å². The molecule has 1 aromatic rings. The van der Waals surface area contributed by atoms with Gasteiger partial charge in [-0.2, -0.15) is 5.26 Å². The molecule has 2 unspecified atom stereocenters. The summed E-state index contributed by atoms with van der Waals surface area (Å²) in [7, 11) is 0. The summed E-state index contributed by atoms with van der Waals surface area (Å²) in [6.45, 7) is 1.99. The fraction of sp³-hybridized carbons (Fsp3) is 0.417. The lowest BCUT2D eigenvalue weighted by atomic mass is 10.1. The molecule has 2 atom stereocenters. The predicted molar refractivity (Wildman–Crippen MR) is 62.6 cm³/mol. The number of benzene rings is 1. The van der Waals surface area contributed by atoms with Gasteiger partial charge < -0.3 is 0 Å². The van der Waals surface area contributed by atoms with Gasteiger partial charge in [0.25, 0.3) is 0 Å². The maximum Gasteiger partial charge on any atom is 0.100 e.